The third-order valence-corrected chi connectivity index (χ3v) is 5.80. The Labute approximate surface area is 208 Å². The van der Waals surface area contributed by atoms with E-state index in [0.29, 0.717) is 0 Å². The summed E-state index contributed by atoms with van der Waals surface area (Å²) >= 11 is 0. The van der Waals surface area contributed by atoms with Crippen LogP contribution in [0.2, 0.25) is 0 Å². The van der Waals surface area contributed by atoms with Gasteiger partial charge >= 0.3 is 0 Å². The summed E-state index contributed by atoms with van der Waals surface area (Å²) in [5.41, 5.74) is 8.45. The van der Waals surface area contributed by atoms with Crippen molar-refractivity contribution in [2.75, 3.05) is 0 Å². The van der Waals surface area contributed by atoms with Crippen molar-refractivity contribution in [1.82, 2.24) is 4.98 Å². The zero-order valence-electron chi connectivity index (χ0n) is 19.1. The Kier molecular flexibility index (Phi) is 7.31. The zero-order chi connectivity index (χ0) is 22.9. The summed E-state index contributed by atoms with van der Waals surface area (Å²) in [6.07, 6.45) is 1.17. The quantitative estimate of drug-likeness (QED) is 0.150. The van der Waals surface area contributed by atoms with E-state index in [-0.39, 0.29) is 37.1 Å². The fourth-order valence-electron chi connectivity index (χ4n) is 4.30. The summed E-state index contributed by atoms with van der Waals surface area (Å²) in [5.74, 6) is -0.0625. The van der Waals surface area contributed by atoms with Gasteiger partial charge in [0.15, 0.2) is 5.78 Å². The van der Waals surface area contributed by atoms with Gasteiger partial charge in [-0.2, -0.15) is 0 Å². The molecule has 5 rings (SSSR count). The molecule has 3 aromatic carbocycles. The largest absolute Gasteiger partial charge is 0.512 e. The van der Waals surface area contributed by atoms with Crippen LogP contribution in [-0.2, 0) is 30.3 Å². The Morgan fingerprint density at radius 3 is 2.33 bits per heavy atom. The van der Waals surface area contributed by atoms with Crippen molar-refractivity contribution in [2.24, 2.45) is 0 Å². The van der Waals surface area contributed by atoms with Crippen LogP contribution in [0.15, 0.2) is 84.6 Å². The summed E-state index contributed by atoms with van der Waals surface area (Å²) in [7, 11) is 0. The van der Waals surface area contributed by atoms with Crippen molar-refractivity contribution in [3.05, 3.63) is 102 Å². The Hall–Kier alpha value is -3.07. The van der Waals surface area contributed by atoms with Gasteiger partial charge < -0.3 is 5.11 Å². The molecule has 0 saturated heterocycles. The standard InChI is InChI=1S/C24H18N.C5H8O2.Ir/c1-24(2)20-9-5-4-8-18(20)19-13-11-17(15-21(19)24)23-14-12-16-7-3-6-10-22(16)25-23;1-4(6)3-5(2)7;/h3-10,12-15H,1-2H3;3,6H,1-2H3;/q-1;;/b;4-3-;. The molecule has 169 valence electrons. The molecule has 0 spiro atoms. The molecule has 1 aromatic heterocycles. The number of allylic oxidation sites excluding steroid dienone is 2. The number of carbonyl (C=O) groups is 1. The minimum absolute atomic E-state index is 0. The first-order chi connectivity index (χ1) is 15.3. The van der Waals surface area contributed by atoms with Crippen LogP contribution in [0.1, 0.15) is 38.8 Å². The van der Waals surface area contributed by atoms with Gasteiger partial charge in [0, 0.05) is 26.2 Å². The van der Waals surface area contributed by atoms with Crippen molar-refractivity contribution < 1.29 is 30.0 Å². The van der Waals surface area contributed by atoms with E-state index in [2.05, 4.69) is 80.6 Å². The van der Waals surface area contributed by atoms with Crippen LogP contribution >= 0.6 is 0 Å². The van der Waals surface area contributed by atoms with Gasteiger partial charge in [0.25, 0.3) is 0 Å². The van der Waals surface area contributed by atoms with E-state index in [1.54, 1.807) is 0 Å². The van der Waals surface area contributed by atoms with E-state index in [1.807, 2.05) is 12.1 Å². The van der Waals surface area contributed by atoms with Crippen LogP contribution in [0.3, 0.4) is 0 Å². The molecule has 1 N–H and O–H groups in total. The van der Waals surface area contributed by atoms with Crippen molar-refractivity contribution in [2.45, 2.75) is 33.1 Å². The molecule has 1 radical (unpaired) electrons. The number of ketones is 1. The van der Waals surface area contributed by atoms with Crippen molar-refractivity contribution in [3.8, 4) is 22.4 Å². The number of hydrogen-bond acceptors (Lipinski definition) is 3. The molecule has 0 fully saturated rings. The average molecular weight is 613 g/mol. The predicted molar refractivity (Wildman–Crippen MR) is 131 cm³/mol. The Morgan fingerprint density at radius 2 is 1.64 bits per heavy atom. The van der Waals surface area contributed by atoms with E-state index < -0.39 is 0 Å². The molecule has 0 unspecified atom stereocenters. The second kappa shape index (κ2) is 9.82. The molecule has 0 aliphatic heterocycles. The topological polar surface area (TPSA) is 50.2 Å². The maximum atomic E-state index is 10.0. The van der Waals surface area contributed by atoms with Gasteiger partial charge in [0.1, 0.15) is 0 Å². The van der Waals surface area contributed by atoms with Gasteiger partial charge in [-0.1, -0.05) is 79.6 Å². The molecule has 0 saturated carbocycles. The number of fused-ring (bicyclic) bond motifs is 4. The molecule has 3 nitrogen and oxygen atoms in total. The molecule has 0 atom stereocenters. The van der Waals surface area contributed by atoms with Crippen LogP contribution in [0.5, 0.6) is 0 Å². The van der Waals surface area contributed by atoms with Gasteiger partial charge in [-0.3, -0.25) is 9.78 Å². The Morgan fingerprint density at radius 1 is 0.939 bits per heavy atom. The van der Waals surface area contributed by atoms with Crippen LogP contribution in [-0.4, -0.2) is 15.9 Å². The molecule has 0 amide bonds. The van der Waals surface area contributed by atoms with E-state index in [4.69, 9.17) is 10.1 Å². The van der Waals surface area contributed by atoms with E-state index in [9.17, 15) is 4.79 Å². The fraction of sp³-hybridized carbons (Fsp3) is 0.172. The number of benzene rings is 3. The summed E-state index contributed by atoms with van der Waals surface area (Å²) in [4.78, 5) is 14.9. The molecule has 1 aliphatic carbocycles. The monoisotopic (exact) mass is 613 g/mol. The summed E-state index contributed by atoms with van der Waals surface area (Å²) in [6, 6.07) is 29.0. The first-order valence-corrected chi connectivity index (χ1v) is 10.7. The van der Waals surface area contributed by atoms with Crippen molar-refractivity contribution in [1.29, 1.82) is 0 Å². The number of nitrogens with zero attached hydrogens (tertiary/aromatic N) is 1. The molecular formula is C29H26IrNO2-. The number of aliphatic hydroxyl groups is 1. The summed E-state index contributed by atoms with van der Waals surface area (Å²) in [5, 5.41) is 9.53. The number of rotatable bonds is 2. The number of hydrogen-bond donors (Lipinski definition) is 1. The SMILES string of the molecule is CC(=O)/C=C(/C)O.CC1(C)c2ccccc2-c2c[c-]c(-c3ccc4ccccc4n3)cc21.[Ir]. The van der Waals surface area contributed by atoms with Crippen LogP contribution in [0.4, 0.5) is 0 Å². The Balaban J connectivity index is 0.000000337. The molecule has 4 aromatic rings. The number of para-hydroxylation sites is 1. The second-order valence-electron chi connectivity index (χ2n) is 8.63. The maximum Gasteiger partial charge on any atom is 0.155 e. The van der Waals surface area contributed by atoms with Crippen LogP contribution in [0.25, 0.3) is 33.3 Å². The third kappa shape index (κ3) is 4.98. The van der Waals surface area contributed by atoms with Gasteiger partial charge in [-0.15, -0.1) is 29.3 Å². The first kappa shape index (κ1) is 24.6. The minimum atomic E-state index is -0.125. The van der Waals surface area contributed by atoms with Gasteiger partial charge in [-0.05, 0) is 42.0 Å². The number of pyridine rings is 1. The van der Waals surface area contributed by atoms with Gasteiger partial charge in [0.2, 0.25) is 0 Å². The van der Waals surface area contributed by atoms with Crippen molar-refractivity contribution >= 4 is 16.7 Å². The molecule has 1 aliphatic rings. The number of carbonyl (C=O) groups excluding carboxylic acids is 1. The fourth-order valence-corrected chi connectivity index (χ4v) is 4.30. The third-order valence-electron chi connectivity index (χ3n) is 5.80. The van der Waals surface area contributed by atoms with E-state index >= 15 is 0 Å². The smallest absolute Gasteiger partial charge is 0.155 e. The summed E-state index contributed by atoms with van der Waals surface area (Å²) in [6.45, 7) is 7.45. The Bertz CT molecular complexity index is 1350. The predicted octanol–water partition coefficient (Wildman–Crippen LogP) is 7.04. The first-order valence-electron chi connectivity index (χ1n) is 10.7. The maximum absolute atomic E-state index is 10.0. The number of aliphatic hydroxyl groups excluding tert-OH is 1. The minimum Gasteiger partial charge on any atom is -0.512 e. The average Bonchev–Trinajstić information content (AvgIpc) is 3.00. The van der Waals surface area contributed by atoms with Crippen LogP contribution in [0, 0.1) is 6.07 Å². The zero-order valence-corrected chi connectivity index (χ0v) is 21.5. The molecule has 0 bridgehead atoms. The van der Waals surface area contributed by atoms with Gasteiger partial charge in [-0.25, -0.2) is 0 Å². The summed E-state index contributed by atoms with van der Waals surface area (Å²) < 4.78 is 0. The van der Waals surface area contributed by atoms with E-state index in [0.717, 1.165) is 16.8 Å². The molecule has 33 heavy (non-hydrogen) atoms. The van der Waals surface area contributed by atoms with Crippen LogP contribution < -0.4 is 0 Å². The van der Waals surface area contributed by atoms with Crippen molar-refractivity contribution in [3.63, 3.8) is 0 Å². The second-order valence-corrected chi connectivity index (χ2v) is 8.63. The van der Waals surface area contributed by atoms with Gasteiger partial charge in [0.05, 0.1) is 11.3 Å². The normalized spacial score (nSPS) is 13.3. The molecule has 1 heterocycles. The molecule has 4 heteroatoms. The molecular weight excluding hydrogens is 587 g/mol. The van der Waals surface area contributed by atoms with E-state index in [1.165, 1.54) is 47.6 Å². The number of aromatic nitrogens is 1.